The number of likely N-dealkylation sites (N-methyl/N-ethyl adjacent to an activating group) is 1. The lowest BCUT2D eigenvalue weighted by Gasteiger charge is -2.26. The van der Waals surface area contributed by atoms with E-state index in [0.717, 1.165) is 19.3 Å². The second kappa shape index (κ2) is 7.75. The first-order chi connectivity index (χ1) is 10.5. The van der Waals surface area contributed by atoms with Crippen LogP contribution in [-0.4, -0.2) is 60.1 Å². The van der Waals surface area contributed by atoms with Crippen molar-refractivity contribution < 1.29 is 9.90 Å². The predicted octanol–water partition coefficient (Wildman–Crippen LogP) is 1.92. The Bertz CT molecular complexity index is 475. The van der Waals surface area contributed by atoms with Crippen LogP contribution in [-0.2, 0) is 11.2 Å². The number of amides is 1. The summed E-state index contributed by atoms with van der Waals surface area (Å²) in [7, 11) is 3.90. The van der Waals surface area contributed by atoms with E-state index in [4.69, 9.17) is 0 Å². The van der Waals surface area contributed by atoms with Gasteiger partial charge in [0.25, 0.3) is 0 Å². The average Bonchev–Trinajstić information content (AvgIpc) is 2.85. The molecule has 1 aromatic rings. The van der Waals surface area contributed by atoms with Gasteiger partial charge in [0.1, 0.15) is 0 Å². The molecule has 0 saturated carbocycles. The van der Waals surface area contributed by atoms with Gasteiger partial charge in [-0.25, -0.2) is 0 Å². The van der Waals surface area contributed by atoms with E-state index in [1.165, 1.54) is 5.56 Å². The van der Waals surface area contributed by atoms with E-state index in [2.05, 4.69) is 24.3 Å². The Labute approximate surface area is 133 Å². The molecular formula is C18H28N2O2. The molecule has 1 saturated heterocycles. The second-order valence-corrected chi connectivity index (χ2v) is 6.72. The van der Waals surface area contributed by atoms with Gasteiger partial charge in [0, 0.05) is 19.5 Å². The lowest BCUT2D eigenvalue weighted by atomic mass is 10.0. The third-order valence-corrected chi connectivity index (χ3v) is 4.24. The minimum Gasteiger partial charge on any atom is -0.387 e. The third-order valence-electron chi connectivity index (χ3n) is 4.24. The van der Waals surface area contributed by atoms with E-state index in [1.807, 2.05) is 30.0 Å². The van der Waals surface area contributed by atoms with Gasteiger partial charge in [-0.2, -0.15) is 0 Å². The molecule has 1 heterocycles. The zero-order chi connectivity index (χ0) is 16.0. The number of β-amino-alcohol motifs (C(OH)–C–C–N with tert-alkyl or cyclic N) is 1. The number of carbonyl (C=O) groups excluding carboxylic acids is 1. The highest BCUT2D eigenvalue weighted by Crippen LogP contribution is 2.23. The normalized spacial score (nSPS) is 21.5. The lowest BCUT2D eigenvalue weighted by molar-refractivity contribution is -0.131. The maximum atomic E-state index is 12.2. The van der Waals surface area contributed by atoms with Gasteiger partial charge in [0.15, 0.2) is 0 Å². The van der Waals surface area contributed by atoms with E-state index in [9.17, 15) is 9.90 Å². The van der Waals surface area contributed by atoms with Gasteiger partial charge >= 0.3 is 0 Å². The molecule has 1 aliphatic rings. The summed E-state index contributed by atoms with van der Waals surface area (Å²) in [4.78, 5) is 16.0. The second-order valence-electron chi connectivity index (χ2n) is 6.72. The maximum Gasteiger partial charge on any atom is 0.222 e. The predicted molar refractivity (Wildman–Crippen MR) is 88.7 cm³/mol. The number of rotatable bonds is 7. The third kappa shape index (κ3) is 5.11. The summed E-state index contributed by atoms with van der Waals surface area (Å²) in [5, 5.41) is 10.5. The van der Waals surface area contributed by atoms with Crippen molar-refractivity contribution in [2.45, 2.75) is 37.7 Å². The molecule has 1 amide bonds. The van der Waals surface area contributed by atoms with Crippen molar-refractivity contribution in [2.24, 2.45) is 0 Å². The molecule has 1 aromatic carbocycles. The van der Waals surface area contributed by atoms with Crippen LogP contribution in [0.1, 0.15) is 31.2 Å². The van der Waals surface area contributed by atoms with Crippen LogP contribution < -0.4 is 0 Å². The Morgan fingerprint density at radius 2 is 2.00 bits per heavy atom. The number of unbranched alkanes of at least 4 members (excludes halogenated alkanes) is 1. The van der Waals surface area contributed by atoms with Crippen LogP contribution in [0.3, 0.4) is 0 Å². The zero-order valence-electron chi connectivity index (χ0n) is 13.8. The van der Waals surface area contributed by atoms with Gasteiger partial charge < -0.3 is 14.9 Å². The molecule has 0 spiro atoms. The fourth-order valence-corrected chi connectivity index (χ4v) is 3.20. The van der Waals surface area contributed by atoms with Crippen LogP contribution in [0.5, 0.6) is 0 Å². The fraction of sp³-hybridized carbons (Fsp3) is 0.611. The highest BCUT2D eigenvalue weighted by molar-refractivity contribution is 5.76. The number of carbonyl (C=O) groups is 1. The Hall–Kier alpha value is -1.39. The zero-order valence-corrected chi connectivity index (χ0v) is 13.8. The van der Waals surface area contributed by atoms with E-state index >= 15 is 0 Å². The van der Waals surface area contributed by atoms with Crippen molar-refractivity contribution in [3.8, 4) is 0 Å². The summed E-state index contributed by atoms with van der Waals surface area (Å²) in [5.41, 5.74) is 0.597. The summed E-state index contributed by atoms with van der Waals surface area (Å²) < 4.78 is 0. The number of aryl methyl sites for hydroxylation is 1. The molecular weight excluding hydrogens is 276 g/mol. The van der Waals surface area contributed by atoms with E-state index in [0.29, 0.717) is 32.5 Å². The molecule has 1 unspecified atom stereocenters. The Balaban J connectivity index is 1.68. The molecule has 122 valence electrons. The quantitative estimate of drug-likeness (QED) is 0.783. The van der Waals surface area contributed by atoms with Crippen LogP contribution in [0, 0.1) is 0 Å². The van der Waals surface area contributed by atoms with Crippen LogP contribution >= 0.6 is 0 Å². The van der Waals surface area contributed by atoms with Gasteiger partial charge in [0.2, 0.25) is 5.91 Å². The molecule has 0 aliphatic carbocycles. The van der Waals surface area contributed by atoms with Gasteiger partial charge in [-0.3, -0.25) is 4.79 Å². The van der Waals surface area contributed by atoms with E-state index < -0.39 is 5.60 Å². The van der Waals surface area contributed by atoms with Crippen molar-refractivity contribution in [3.63, 3.8) is 0 Å². The molecule has 4 heteroatoms. The number of benzene rings is 1. The first kappa shape index (κ1) is 17.0. The summed E-state index contributed by atoms with van der Waals surface area (Å²) in [6, 6.07) is 10.4. The largest absolute Gasteiger partial charge is 0.387 e. The standard InChI is InChI=1S/C18H28N2O2/c1-19(2)14-18(22)12-13-20(15-18)17(21)11-7-6-10-16-8-4-3-5-9-16/h3-5,8-9,22H,6-7,10-15H2,1-2H3. The number of hydrogen-bond donors (Lipinski definition) is 1. The lowest BCUT2D eigenvalue weighted by Crippen LogP contribution is -2.43. The summed E-state index contributed by atoms with van der Waals surface area (Å²) >= 11 is 0. The molecule has 1 N–H and O–H groups in total. The number of hydrogen-bond acceptors (Lipinski definition) is 3. The van der Waals surface area contributed by atoms with Gasteiger partial charge in [-0.15, -0.1) is 0 Å². The number of likely N-dealkylation sites (tertiary alicyclic amines) is 1. The summed E-state index contributed by atoms with van der Waals surface area (Å²) in [6.07, 6.45) is 4.24. The number of aliphatic hydroxyl groups is 1. The van der Waals surface area contributed by atoms with Crippen LogP contribution in [0.4, 0.5) is 0 Å². The van der Waals surface area contributed by atoms with Gasteiger partial charge in [0.05, 0.1) is 12.1 Å². The van der Waals surface area contributed by atoms with Crippen molar-refractivity contribution in [2.75, 3.05) is 33.7 Å². The Morgan fingerprint density at radius 1 is 1.27 bits per heavy atom. The molecule has 1 fully saturated rings. The van der Waals surface area contributed by atoms with Crippen molar-refractivity contribution in [3.05, 3.63) is 35.9 Å². The maximum absolute atomic E-state index is 12.2. The van der Waals surface area contributed by atoms with E-state index in [1.54, 1.807) is 0 Å². The van der Waals surface area contributed by atoms with Crippen molar-refractivity contribution in [1.82, 2.24) is 9.80 Å². The Kier molecular flexibility index (Phi) is 5.98. The smallest absolute Gasteiger partial charge is 0.222 e. The van der Waals surface area contributed by atoms with Gasteiger partial charge in [-0.05, 0) is 45.3 Å². The van der Waals surface area contributed by atoms with Crippen LogP contribution in [0.2, 0.25) is 0 Å². The fourth-order valence-electron chi connectivity index (χ4n) is 3.20. The topological polar surface area (TPSA) is 43.8 Å². The monoisotopic (exact) mass is 304 g/mol. The Morgan fingerprint density at radius 3 is 2.68 bits per heavy atom. The molecule has 0 aromatic heterocycles. The van der Waals surface area contributed by atoms with Crippen molar-refractivity contribution in [1.29, 1.82) is 0 Å². The molecule has 2 rings (SSSR count). The average molecular weight is 304 g/mol. The molecule has 22 heavy (non-hydrogen) atoms. The first-order valence-corrected chi connectivity index (χ1v) is 8.17. The summed E-state index contributed by atoms with van der Waals surface area (Å²) in [6.45, 7) is 1.77. The van der Waals surface area contributed by atoms with Gasteiger partial charge in [-0.1, -0.05) is 30.3 Å². The minimum atomic E-state index is -0.733. The van der Waals surface area contributed by atoms with Crippen LogP contribution in [0.15, 0.2) is 30.3 Å². The minimum absolute atomic E-state index is 0.183. The van der Waals surface area contributed by atoms with Crippen LogP contribution in [0.25, 0.3) is 0 Å². The SMILES string of the molecule is CN(C)CC1(O)CCN(C(=O)CCCCc2ccccc2)C1. The molecule has 4 nitrogen and oxygen atoms in total. The van der Waals surface area contributed by atoms with Crippen molar-refractivity contribution >= 4 is 5.91 Å². The first-order valence-electron chi connectivity index (χ1n) is 8.17. The summed E-state index contributed by atoms with van der Waals surface area (Å²) in [5.74, 6) is 0.183. The molecule has 1 atom stereocenters. The molecule has 1 aliphatic heterocycles. The highest BCUT2D eigenvalue weighted by atomic mass is 16.3. The van der Waals surface area contributed by atoms with E-state index in [-0.39, 0.29) is 5.91 Å². The highest BCUT2D eigenvalue weighted by Gasteiger charge is 2.38. The molecule has 0 radical (unpaired) electrons. The molecule has 0 bridgehead atoms. The number of nitrogens with zero attached hydrogens (tertiary/aromatic N) is 2.